The number of H-pyrrole nitrogens is 1. The standard InChI is InChI=1S/C18H17N5O.C2H6/c1-2-12-6-7-17-21-13(11-23(17)10-12)8-19-18(24)14-4-3-5-16-15(14)9-20-22-16;1-2/h3-7,9-11H,2,8H2,1H3,(H,19,24)(H,20,22);1-2H3. The zero-order chi connectivity index (χ0) is 18.5. The Morgan fingerprint density at radius 3 is 2.85 bits per heavy atom. The maximum atomic E-state index is 12.5. The summed E-state index contributed by atoms with van der Waals surface area (Å²) in [6, 6.07) is 9.60. The molecule has 0 fully saturated rings. The minimum absolute atomic E-state index is 0.131. The van der Waals surface area contributed by atoms with Gasteiger partial charge in [0.05, 0.1) is 29.5 Å². The van der Waals surface area contributed by atoms with Gasteiger partial charge in [0, 0.05) is 17.8 Å². The van der Waals surface area contributed by atoms with Crippen molar-refractivity contribution < 1.29 is 4.79 Å². The first-order valence-electron chi connectivity index (χ1n) is 8.91. The highest BCUT2D eigenvalue weighted by Crippen LogP contribution is 2.16. The monoisotopic (exact) mass is 349 g/mol. The number of hydrogen-bond acceptors (Lipinski definition) is 3. The second-order valence-electron chi connectivity index (χ2n) is 5.71. The number of carbonyl (C=O) groups excluding carboxylic acids is 1. The van der Waals surface area contributed by atoms with Gasteiger partial charge >= 0.3 is 0 Å². The van der Waals surface area contributed by atoms with E-state index in [1.54, 1.807) is 12.3 Å². The van der Waals surface area contributed by atoms with Crippen molar-refractivity contribution in [3.05, 3.63) is 65.7 Å². The van der Waals surface area contributed by atoms with Crippen LogP contribution in [-0.4, -0.2) is 25.5 Å². The molecule has 0 aliphatic carbocycles. The van der Waals surface area contributed by atoms with E-state index in [1.165, 1.54) is 5.56 Å². The number of aromatic nitrogens is 4. The van der Waals surface area contributed by atoms with E-state index in [0.717, 1.165) is 28.7 Å². The number of aromatic amines is 1. The van der Waals surface area contributed by atoms with Crippen LogP contribution in [0.15, 0.2) is 48.9 Å². The van der Waals surface area contributed by atoms with Crippen LogP contribution >= 0.6 is 0 Å². The van der Waals surface area contributed by atoms with Crippen LogP contribution in [0.2, 0.25) is 0 Å². The molecule has 0 unspecified atom stereocenters. The number of pyridine rings is 1. The fourth-order valence-corrected chi connectivity index (χ4v) is 2.82. The lowest BCUT2D eigenvalue weighted by Gasteiger charge is -2.04. The van der Waals surface area contributed by atoms with Crippen molar-refractivity contribution in [2.75, 3.05) is 0 Å². The third-order valence-electron chi connectivity index (χ3n) is 4.13. The SMILES string of the molecule is CC.CCc1ccc2nc(CNC(=O)c3cccc4[nH]ncc34)cn2c1. The molecule has 0 saturated carbocycles. The minimum Gasteiger partial charge on any atom is -0.346 e. The maximum Gasteiger partial charge on any atom is 0.252 e. The normalized spacial score (nSPS) is 10.6. The van der Waals surface area contributed by atoms with Gasteiger partial charge in [0.1, 0.15) is 5.65 Å². The maximum absolute atomic E-state index is 12.5. The van der Waals surface area contributed by atoms with Crippen molar-refractivity contribution in [3.63, 3.8) is 0 Å². The van der Waals surface area contributed by atoms with Gasteiger partial charge in [-0.2, -0.15) is 5.10 Å². The Balaban J connectivity index is 0.000000948. The van der Waals surface area contributed by atoms with Gasteiger partial charge < -0.3 is 9.72 Å². The number of amides is 1. The second-order valence-corrected chi connectivity index (χ2v) is 5.71. The first-order chi connectivity index (χ1) is 12.7. The topological polar surface area (TPSA) is 75.1 Å². The van der Waals surface area contributed by atoms with Crippen molar-refractivity contribution in [3.8, 4) is 0 Å². The van der Waals surface area contributed by atoms with Crippen LogP contribution in [0, 0.1) is 0 Å². The Hall–Kier alpha value is -3.15. The van der Waals surface area contributed by atoms with Crippen molar-refractivity contribution in [2.24, 2.45) is 0 Å². The molecule has 1 aromatic carbocycles. The molecule has 1 amide bonds. The van der Waals surface area contributed by atoms with Crippen LogP contribution in [-0.2, 0) is 13.0 Å². The molecule has 3 heterocycles. The molecule has 3 aromatic heterocycles. The van der Waals surface area contributed by atoms with Crippen molar-refractivity contribution in [1.29, 1.82) is 0 Å². The van der Waals surface area contributed by atoms with Crippen LogP contribution in [0.25, 0.3) is 16.6 Å². The molecular formula is C20H23N5O. The third kappa shape index (κ3) is 3.44. The van der Waals surface area contributed by atoms with Gasteiger partial charge in [-0.3, -0.25) is 9.89 Å². The summed E-state index contributed by atoms with van der Waals surface area (Å²) in [6.45, 7) is 6.51. The van der Waals surface area contributed by atoms with E-state index in [2.05, 4.69) is 39.7 Å². The molecule has 0 bridgehead atoms. The Labute approximate surface area is 152 Å². The molecule has 0 aliphatic heterocycles. The third-order valence-corrected chi connectivity index (χ3v) is 4.13. The van der Waals surface area contributed by atoms with Crippen LogP contribution in [0.3, 0.4) is 0 Å². The molecule has 2 N–H and O–H groups in total. The van der Waals surface area contributed by atoms with Crippen LogP contribution < -0.4 is 5.32 Å². The minimum atomic E-state index is -0.131. The lowest BCUT2D eigenvalue weighted by atomic mass is 10.1. The molecule has 6 nitrogen and oxygen atoms in total. The van der Waals surface area contributed by atoms with Crippen LogP contribution in [0.4, 0.5) is 0 Å². The quantitative estimate of drug-likeness (QED) is 0.589. The smallest absolute Gasteiger partial charge is 0.252 e. The summed E-state index contributed by atoms with van der Waals surface area (Å²) in [6.07, 6.45) is 6.67. The number of hydrogen-bond donors (Lipinski definition) is 2. The second kappa shape index (κ2) is 7.82. The van der Waals surface area contributed by atoms with E-state index >= 15 is 0 Å². The van der Waals surface area contributed by atoms with E-state index < -0.39 is 0 Å². The van der Waals surface area contributed by atoms with E-state index in [0.29, 0.717) is 12.1 Å². The predicted molar refractivity (Wildman–Crippen MR) is 103 cm³/mol. The number of nitrogens with one attached hydrogen (secondary N) is 2. The predicted octanol–water partition coefficient (Wildman–Crippen LogP) is 3.73. The highest BCUT2D eigenvalue weighted by Gasteiger charge is 2.11. The van der Waals surface area contributed by atoms with Gasteiger partial charge in [-0.25, -0.2) is 4.98 Å². The lowest BCUT2D eigenvalue weighted by molar-refractivity contribution is 0.0952. The summed E-state index contributed by atoms with van der Waals surface area (Å²) in [4.78, 5) is 17.0. The zero-order valence-corrected chi connectivity index (χ0v) is 15.3. The Bertz CT molecular complexity index is 1030. The fourth-order valence-electron chi connectivity index (χ4n) is 2.82. The molecule has 0 saturated heterocycles. The van der Waals surface area contributed by atoms with Gasteiger partial charge in [0.2, 0.25) is 0 Å². The van der Waals surface area contributed by atoms with Gasteiger partial charge in [-0.05, 0) is 30.2 Å². The average molecular weight is 349 g/mol. The molecular weight excluding hydrogens is 326 g/mol. The number of imidazole rings is 1. The van der Waals surface area contributed by atoms with Crippen LogP contribution in [0.5, 0.6) is 0 Å². The average Bonchev–Trinajstić information content (AvgIpc) is 3.33. The molecule has 0 radical (unpaired) electrons. The van der Waals surface area contributed by atoms with E-state index in [1.807, 2.05) is 42.6 Å². The number of fused-ring (bicyclic) bond motifs is 2. The summed E-state index contributed by atoms with van der Waals surface area (Å²) in [5, 5.41) is 10.6. The summed E-state index contributed by atoms with van der Waals surface area (Å²) < 4.78 is 2.00. The van der Waals surface area contributed by atoms with Gasteiger partial charge in [0.25, 0.3) is 5.91 Å². The molecule has 134 valence electrons. The summed E-state index contributed by atoms with van der Waals surface area (Å²) in [5.74, 6) is -0.131. The van der Waals surface area contributed by atoms with E-state index in [-0.39, 0.29) is 5.91 Å². The number of benzene rings is 1. The van der Waals surface area contributed by atoms with E-state index in [9.17, 15) is 4.79 Å². The molecule has 4 rings (SSSR count). The first-order valence-corrected chi connectivity index (χ1v) is 8.91. The first kappa shape index (κ1) is 17.7. The zero-order valence-electron chi connectivity index (χ0n) is 15.3. The van der Waals surface area contributed by atoms with Gasteiger partial charge in [-0.1, -0.05) is 32.9 Å². The molecule has 4 aromatic rings. The lowest BCUT2D eigenvalue weighted by Crippen LogP contribution is -2.23. The molecule has 6 heteroatoms. The summed E-state index contributed by atoms with van der Waals surface area (Å²) in [5.41, 5.74) is 4.42. The van der Waals surface area contributed by atoms with Crippen molar-refractivity contribution in [2.45, 2.75) is 33.7 Å². The van der Waals surface area contributed by atoms with Gasteiger partial charge in [0.15, 0.2) is 0 Å². The Morgan fingerprint density at radius 1 is 1.19 bits per heavy atom. The Morgan fingerprint density at radius 2 is 2.04 bits per heavy atom. The van der Waals surface area contributed by atoms with Crippen molar-refractivity contribution >= 4 is 22.5 Å². The number of carbonyl (C=O) groups is 1. The number of nitrogens with zero attached hydrogens (tertiary/aromatic N) is 3. The number of rotatable bonds is 4. The molecule has 0 aliphatic rings. The van der Waals surface area contributed by atoms with Gasteiger partial charge in [-0.15, -0.1) is 0 Å². The molecule has 0 spiro atoms. The fraction of sp³-hybridized carbons (Fsp3) is 0.250. The van der Waals surface area contributed by atoms with Crippen molar-refractivity contribution in [1.82, 2.24) is 24.9 Å². The number of aryl methyl sites for hydroxylation is 1. The Kier molecular flexibility index (Phi) is 5.31. The largest absolute Gasteiger partial charge is 0.346 e. The highest BCUT2D eigenvalue weighted by atomic mass is 16.1. The van der Waals surface area contributed by atoms with Crippen LogP contribution in [0.1, 0.15) is 42.4 Å². The highest BCUT2D eigenvalue weighted by molar-refractivity contribution is 6.05. The van der Waals surface area contributed by atoms with E-state index in [4.69, 9.17) is 0 Å². The summed E-state index contributed by atoms with van der Waals surface area (Å²) >= 11 is 0. The molecule has 26 heavy (non-hydrogen) atoms. The summed E-state index contributed by atoms with van der Waals surface area (Å²) in [7, 11) is 0. The molecule has 0 atom stereocenters.